The Morgan fingerprint density at radius 1 is 1.33 bits per heavy atom. The Morgan fingerprint density at radius 2 is 2.11 bits per heavy atom. The summed E-state index contributed by atoms with van der Waals surface area (Å²) in [5, 5.41) is 0. The van der Waals surface area contributed by atoms with E-state index >= 15 is 0 Å². The van der Waals surface area contributed by atoms with E-state index in [1.54, 1.807) is 0 Å². The number of hydrogen-bond donors (Lipinski definition) is 2. The number of nitrogens with one attached hydrogen (secondary N) is 1. The number of fused-ring (bicyclic) bond motifs is 1. The Morgan fingerprint density at radius 3 is 2.72 bits per heavy atom. The van der Waals surface area contributed by atoms with Crippen LogP contribution < -0.4 is 5.73 Å². The normalized spacial score (nSPS) is 23.9. The van der Waals surface area contributed by atoms with Crippen LogP contribution in [-0.4, -0.2) is 28.7 Å². The maximum Gasteiger partial charge on any atom is 0.104 e. The molecular formula is C14H17N3O. The van der Waals surface area contributed by atoms with E-state index < -0.39 is 0 Å². The molecule has 1 aromatic heterocycles. The summed E-state index contributed by atoms with van der Waals surface area (Å²) in [5.41, 5.74) is 9.86. The number of aryl methyl sites for hydroxylation is 1. The molecule has 3 N–H and O–H groups in total. The van der Waals surface area contributed by atoms with E-state index in [4.69, 9.17) is 10.5 Å². The molecule has 18 heavy (non-hydrogen) atoms. The van der Waals surface area contributed by atoms with Gasteiger partial charge < -0.3 is 15.5 Å². The molecule has 2 aliphatic rings. The molecule has 0 amide bonds. The predicted molar refractivity (Wildman–Crippen MR) is 69.5 cm³/mol. The number of hydrogen-bond acceptors (Lipinski definition) is 3. The van der Waals surface area contributed by atoms with E-state index in [0.29, 0.717) is 0 Å². The Hall–Kier alpha value is -1.39. The summed E-state index contributed by atoms with van der Waals surface area (Å²) >= 11 is 0. The maximum absolute atomic E-state index is 6.46. The highest BCUT2D eigenvalue weighted by molar-refractivity contribution is 5.76. The average Bonchev–Trinajstić information content (AvgIpc) is 2.88. The van der Waals surface area contributed by atoms with Gasteiger partial charge in [0.25, 0.3) is 0 Å². The van der Waals surface area contributed by atoms with Gasteiger partial charge >= 0.3 is 0 Å². The monoisotopic (exact) mass is 243 g/mol. The Labute approximate surface area is 106 Å². The molecule has 0 unspecified atom stereocenters. The Bertz CT molecular complexity index is 623. The minimum absolute atomic E-state index is 0.0280. The third kappa shape index (κ3) is 1.19. The van der Waals surface area contributed by atoms with Crippen molar-refractivity contribution in [3.05, 3.63) is 29.6 Å². The van der Waals surface area contributed by atoms with Crippen LogP contribution in [0.25, 0.3) is 11.0 Å². The third-order valence-electron chi connectivity index (χ3n) is 4.59. The molecule has 4 nitrogen and oxygen atoms in total. The number of nitrogens with zero attached hydrogens (tertiary/aromatic N) is 1. The predicted octanol–water partition coefficient (Wildman–Crippen LogP) is 1.63. The molecule has 4 rings (SSSR count). The van der Waals surface area contributed by atoms with Crippen LogP contribution >= 0.6 is 0 Å². The second-order valence-electron chi connectivity index (χ2n) is 5.79. The van der Waals surface area contributed by atoms with Crippen molar-refractivity contribution in [3.8, 4) is 0 Å². The summed E-state index contributed by atoms with van der Waals surface area (Å²) in [4.78, 5) is 7.74. The van der Waals surface area contributed by atoms with Crippen LogP contribution in [0.1, 0.15) is 24.2 Å². The topological polar surface area (TPSA) is 63.9 Å². The number of imidazole rings is 1. The molecular weight excluding hydrogens is 226 g/mol. The van der Waals surface area contributed by atoms with Gasteiger partial charge in [-0.3, -0.25) is 0 Å². The van der Waals surface area contributed by atoms with E-state index in [9.17, 15) is 0 Å². The van der Waals surface area contributed by atoms with Gasteiger partial charge in [0.1, 0.15) is 5.82 Å². The lowest BCUT2D eigenvalue weighted by Gasteiger charge is -2.47. The van der Waals surface area contributed by atoms with Gasteiger partial charge in [-0.1, -0.05) is 6.07 Å². The number of rotatable bonds is 2. The second-order valence-corrected chi connectivity index (χ2v) is 5.79. The van der Waals surface area contributed by atoms with Crippen molar-refractivity contribution in [1.82, 2.24) is 9.97 Å². The van der Waals surface area contributed by atoms with Crippen molar-refractivity contribution in [2.24, 2.45) is 5.73 Å². The molecule has 1 aliphatic carbocycles. The molecule has 94 valence electrons. The Balaban J connectivity index is 1.86. The van der Waals surface area contributed by atoms with Gasteiger partial charge in [0.05, 0.1) is 29.7 Å². The number of H-pyrrole nitrogens is 1. The summed E-state index contributed by atoms with van der Waals surface area (Å²) in [6.07, 6.45) is 2.22. The van der Waals surface area contributed by atoms with E-state index in [1.807, 2.05) is 6.92 Å². The summed E-state index contributed by atoms with van der Waals surface area (Å²) < 4.78 is 5.47. The molecule has 1 aromatic carbocycles. The van der Waals surface area contributed by atoms with Crippen LogP contribution in [0.3, 0.4) is 0 Å². The summed E-state index contributed by atoms with van der Waals surface area (Å²) in [7, 11) is 0. The van der Waals surface area contributed by atoms with Crippen molar-refractivity contribution < 1.29 is 4.74 Å². The van der Waals surface area contributed by atoms with E-state index in [2.05, 4.69) is 28.2 Å². The lowest BCUT2D eigenvalue weighted by Crippen LogP contribution is -2.60. The van der Waals surface area contributed by atoms with E-state index in [-0.39, 0.29) is 11.0 Å². The minimum Gasteiger partial charge on any atom is -0.379 e. The van der Waals surface area contributed by atoms with E-state index in [1.165, 1.54) is 5.56 Å². The van der Waals surface area contributed by atoms with Crippen molar-refractivity contribution >= 4 is 11.0 Å². The van der Waals surface area contributed by atoms with Crippen molar-refractivity contribution in [2.75, 3.05) is 13.2 Å². The lowest BCUT2D eigenvalue weighted by molar-refractivity contribution is -0.0785. The lowest BCUT2D eigenvalue weighted by atomic mass is 9.70. The fraction of sp³-hybridized carbons (Fsp3) is 0.500. The highest BCUT2D eigenvalue weighted by atomic mass is 16.5. The molecule has 2 heterocycles. The maximum atomic E-state index is 6.46. The Kier molecular flexibility index (Phi) is 1.83. The molecule has 0 spiro atoms. The van der Waals surface area contributed by atoms with Crippen molar-refractivity contribution in [1.29, 1.82) is 0 Å². The fourth-order valence-electron chi connectivity index (χ4n) is 3.10. The molecule has 1 saturated heterocycles. The molecule has 2 aromatic rings. The zero-order valence-electron chi connectivity index (χ0n) is 10.5. The van der Waals surface area contributed by atoms with Crippen LogP contribution in [0.5, 0.6) is 0 Å². The molecule has 0 bridgehead atoms. The fourth-order valence-corrected chi connectivity index (χ4v) is 3.10. The molecule has 4 heteroatoms. The zero-order valence-corrected chi connectivity index (χ0v) is 10.5. The van der Waals surface area contributed by atoms with Crippen LogP contribution in [0, 0.1) is 6.92 Å². The van der Waals surface area contributed by atoms with Gasteiger partial charge in [0, 0.05) is 5.54 Å². The number of ether oxygens (including phenoxy) is 1. The standard InChI is InChI=1S/C14H17N3O/c1-9-16-11-3-2-10(6-12(11)17-9)13(7-18-8-13)14(15)4-5-14/h2-3,6H,4-5,7-8,15H2,1H3,(H,16,17). The van der Waals surface area contributed by atoms with Gasteiger partial charge in [-0.25, -0.2) is 4.98 Å². The molecule has 1 saturated carbocycles. The van der Waals surface area contributed by atoms with Crippen LogP contribution in [-0.2, 0) is 10.2 Å². The highest BCUT2D eigenvalue weighted by Crippen LogP contribution is 2.53. The van der Waals surface area contributed by atoms with E-state index in [0.717, 1.165) is 42.9 Å². The minimum atomic E-state index is -0.0476. The average molecular weight is 243 g/mol. The first-order valence-electron chi connectivity index (χ1n) is 6.47. The first-order chi connectivity index (χ1) is 8.63. The van der Waals surface area contributed by atoms with Gasteiger partial charge in [-0.2, -0.15) is 0 Å². The summed E-state index contributed by atoms with van der Waals surface area (Å²) in [6.45, 7) is 3.48. The highest BCUT2D eigenvalue weighted by Gasteiger charge is 2.61. The number of aromatic amines is 1. The smallest absolute Gasteiger partial charge is 0.104 e. The first kappa shape index (κ1) is 10.5. The molecule has 0 radical (unpaired) electrons. The number of aromatic nitrogens is 2. The van der Waals surface area contributed by atoms with Gasteiger partial charge in [-0.05, 0) is 37.5 Å². The van der Waals surface area contributed by atoms with Crippen LogP contribution in [0.2, 0.25) is 0 Å². The SMILES string of the molecule is Cc1nc2ccc(C3(C4(N)CC4)COC3)cc2[nH]1. The molecule has 0 atom stereocenters. The second kappa shape index (κ2) is 3.13. The largest absolute Gasteiger partial charge is 0.379 e. The van der Waals surface area contributed by atoms with Crippen molar-refractivity contribution in [3.63, 3.8) is 0 Å². The zero-order chi connectivity index (χ0) is 12.4. The first-order valence-corrected chi connectivity index (χ1v) is 6.47. The summed E-state index contributed by atoms with van der Waals surface area (Å²) in [5.74, 6) is 0.954. The van der Waals surface area contributed by atoms with Gasteiger partial charge in [0.2, 0.25) is 0 Å². The van der Waals surface area contributed by atoms with Crippen LogP contribution in [0.4, 0.5) is 0 Å². The third-order valence-corrected chi connectivity index (χ3v) is 4.59. The summed E-state index contributed by atoms with van der Waals surface area (Å²) in [6, 6.07) is 6.45. The molecule has 2 fully saturated rings. The quantitative estimate of drug-likeness (QED) is 0.842. The van der Waals surface area contributed by atoms with Crippen LogP contribution in [0.15, 0.2) is 18.2 Å². The number of benzene rings is 1. The molecule has 1 aliphatic heterocycles. The van der Waals surface area contributed by atoms with Gasteiger partial charge in [-0.15, -0.1) is 0 Å². The van der Waals surface area contributed by atoms with Gasteiger partial charge in [0.15, 0.2) is 0 Å². The number of nitrogens with two attached hydrogens (primary N) is 1. The van der Waals surface area contributed by atoms with Crippen molar-refractivity contribution in [2.45, 2.75) is 30.7 Å².